The van der Waals surface area contributed by atoms with E-state index in [0.717, 1.165) is 37.1 Å². The molecule has 0 atom stereocenters. The highest BCUT2D eigenvalue weighted by Crippen LogP contribution is 2.39. The van der Waals surface area contributed by atoms with Gasteiger partial charge in [-0.3, -0.25) is 0 Å². The molecule has 0 radical (unpaired) electrons. The lowest BCUT2D eigenvalue weighted by atomic mass is 9.98. The van der Waals surface area contributed by atoms with Crippen molar-refractivity contribution in [2.75, 3.05) is 13.7 Å². The van der Waals surface area contributed by atoms with Gasteiger partial charge in [0.15, 0.2) is 0 Å². The third-order valence-corrected chi connectivity index (χ3v) is 5.58. The topological polar surface area (TPSA) is 126 Å². The fourth-order valence-electron chi connectivity index (χ4n) is 3.61. The van der Waals surface area contributed by atoms with E-state index in [4.69, 9.17) is 25.6 Å². The van der Waals surface area contributed by atoms with Crippen LogP contribution in [0.4, 0.5) is 0 Å². The lowest BCUT2D eigenvalue weighted by Crippen LogP contribution is -2.31. The molecule has 0 bridgehead atoms. The van der Waals surface area contributed by atoms with Gasteiger partial charge < -0.3 is 24.7 Å². The minimum absolute atomic E-state index is 0.101. The van der Waals surface area contributed by atoms with Crippen LogP contribution in [0.5, 0.6) is 11.8 Å². The summed E-state index contributed by atoms with van der Waals surface area (Å²) in [6.45, 7) is 2.03. The molecular formula is C21H30N6O3. The second-order valence-electron chi connectivity index (χ2n) is 8.11. The molecule has 2 aromatic rings. The van der Waals surface area contributed by atoms with E-state index in [1.807, 2.05) is 19.1 Å². The van der Waals surface area contributed by atoms with Gasteiger partial charge in [0.1, 0.15) is 12.4 Å². The number of nitrogens with zero attached hydrogens (tertiary/aromatic N) is 4. The smallest absolute Gasteiger partial charge is 0.354 e. The van der Waals surface area contributed by atoms with Crippen LogP contribution in [0.25, 0.3) is 5.70 Å². The molecule has 0 spiro atoms. The van der Waals surface area contributed by atoms with Gasteiger partial charge in [-0.15, -0.1) is 0 Å². The zero-order chi connectivity index (χ0) is 21.1. The number of hydrogen-bond donors (Lipinski definition) is 2. The standard InChI is InChI=1S/C21H30N6O3/c1-13-18(29-15-6-4-3-5-7-15)11-10-16(24-13)19(22)17(27(2)23)12-28-21-25-20(30-26-21)14-8-9-14/h10-11,14-15H,3-9,12,22-23H2,1-2H3/b19-17-. The van der Waals surface area contributed by atoms with E-state index in [-0.39, 0.29) is 18.7 Å². The Morgan fingerprint density at radius 3 is 2.60 bits per heavy atom. The molecule has 4 rings (SSSR count). The fraction of sp³-hybridized carbons (Fsp3) is 0.571. The van der Waals surface area contributed by atoms with Crippen molar-refractivity contribution in [3.8, 4) is 11.8 Å². The Morgan fingerprint density at radius 2 is 1.93 bits per heavy atom. The molecule has 0 aliphatic heterocycles. The maximum Gasteiger partial charge on any atom is 0.354 e. The maximum absolute atomic E-state index is 6.38. The fourth-order valence-corrected chi connectivity index (χ4v) is 3.61. The molecule has 9 heteroatoms. The lowest BCUT2D eigenvalue weighted by molar-refractivity contribution is 0.153. The highest BCUT2D eigenvalue weighted by atomic mass is 16.6. The van der Waals surface area contributed by atoms with Crippen molar-refractivity contribution in [2.24, 2.45) is 11.6 Å². The van der Waals surface area contributed by atoms with Crippen molar-refractivity contribution >= 4 is 5.70 Å². The van der Waals surface area contributed by atoms with Gasteiger partial charge in [0.25, 0.3) is 0 Å². The summed E-state index contributed by atoms with van der Waals surface area (Å²) in [7, 11) is 1.70. The first-order valence-corrected chi connectivity index (χ1v) is 10.6. The highest BCUT2D eigenvalue weighted by molar-refractivity contribution is 5.63. The molecule has 2 aromatic heterocycles. The van der Waals surface area contributed by atoms with E-state index >= 15 is 0 Å². The van der Waals surface area contributed by atoms with Gasteiger partial charge in [-0.2, -0.15) is 4.98 Å². The van der Waals surface area contributed by atoms with Crippen molar-refractivity contribution in [2.45, 2.75) is 63.9 Å². The molecule has 4 N–H and O–H groups in total. The molecule has 162 valence electrons. The molecule has 2 heterocycles. The largest absolute Gasteiger partial charge is 0.489 e. The van der Waals surface area contributed by atoms with Crippen LogP contribution in [-0.4, -0.2) is 39.9 Å². The number of ether oxygens (including phenoxy) is 2. The van der Waals surface area contributed by atoms with Crippen LogP contribution in [0.1, 0.15) is 68.1 Å². The Kier molecular flexibility index (Phi) is 6.08. The van der Waals surface area contributed by atoms with Crippen LogP contribution in [0, 0.1) is 6.92 Å². The van der Waals surface area contributed by atoms with Crippen LogP contribution in [0.3, 0.4) is 0 Å². The summed E-state index contributed by atoms with van der Waals surface area (Å²) in [5.41, 5.74) is 8.80. The average Bonchev–Trinajstić information content (AvgIpc) is 3.48. The summed E-state index contributed by atoms with van der Waals surface area (Å²) in [4.78, 5) is 8.90. The van der Waals surface area contributed by atoms with Crippen LogP contribution in [0.2, 0.25) is 0 Å². The second-order valence-corrected chi connectivity index (χ2v) is 8.11. The molecule has 9 nitrogen and oxygen atoms in total. The molecule has 2 saturated carbocycles. The maximum atomic E-state index is 6.38. The second kappa shape index (κ2) is 8.91. The summed E-state index contributed by atoms with van der Waals surface area (Å²) >= 11 is 0. The summed E-state index contributed by atoms with van der Waals surface area (Å²) in [5, 5.41) is 5.28. The SMILES string of the molecule is Cc1nc(/C(N)=C(\COc2noc(C3CC3)n2)N(C)N)ccc1OC1CCCCC1. The Balaban J connectivity index is 1.46. The number of hydrogen-bond acceptors (Lipinski definition) is 9. The number of likely N-dealkylation sites (N-methyl/N-ethyl adjacent to an activating group) is 1. The minimum Gasteiger partial charge on any atom is -0.489 e. The van der Waals surface area contributed by atoms with Gasteiger partial charge in [-0.1, -0.05) is 6.42 Å². The first-order chi connectivity index (χ1) is 14.5. The number of nitrogens with two attached hydrogens (primary N) is 2. The third kappa shape index (κ3) is 4.84. The van der Waals surface area contributed by atoms with E-state index in [9.17, 15) is 0 Å². The summed E-state index contributed by atoms with van der Waals surface area (Å²) in [6, 6.07) is 3.96. The van der Waals surface area contributed by atoms with Crippen LogP contribution < -0.4 is 21.1 Å². The van der Waals surface area contributed by atoms with Crippen molar-refractivity contribution in [1.29, 1.82) is 0 Å². The number of rotatable bonds is 8. The lowest BCUT2D eigenvalue weighted by Gasteiger charge is -2.24. The van der Waals surface area contributed by atoms with E-state index < -0.39 is 0 Å². The molecule has 0 unspecified atom stereocenters. The van der Waals surface area contributed by atoms with Gasteiger partial charge in [0.05, 0.1) is 28.9 Å². The van der Waals surface area contributed by atoms with Crippen LogP contribution in [0.15, 0.2) is 22.4 Å². The van der Waals surface area contributed by atoms with Gasteiger partial charge in [0.2, 0.25) is 5.89 Å². The van der Waals surface area contributed by atoms with Crippen molar-refractivity contribution < 1.29 is 14.0 Å². The first-order valence-electron chi connectivity index (χ1n) is 10.6. The van der Waals surface area contributed by atoms with Gasteiger partial charge in [0, 0.05) is 13.0 Å². The van der Waals surface area contributed by atoms with E-state index in [0.29, 0.717) is 28.9 Å². The minimum atomic E-state index is 0.101. The average molecular weight is 415 g/mol. The number of hydrazine groups is 1. The summed E-state index contributed by atoms with van der Waals surface area (Å²) in [5.74, 6) is 7.79. The first kappa shape index (κ1) is 20.5. The number of pyridine rings is 1. The zero-order valence-corrected chi connectivity index (χ0v) is 17.6. The molecule has 0 aromatic carbocycles. The molecule has 0 amide bonds. The highest BCUT2D eigenvalue weighted by Gasteiger charge is 2.30. The molecule has 2 aliphatic carbocycles. The Morgan fingerprint density at radius 1 is 1.17 bits per heavy atom. The van der Waals surface area contributed by atoms with Crippen molar-refractivity contribution in [3.63, 3.8) is 0 Å². The number of aromatic nitrogens is 3. The molecule has 2 fully saturated rings. The van der Waals surface area contributed by atoms with Gasteiger partial charge >= 0.3 is 6.01 Å². The number of aryl methyl sites for hydroxylation is 1. The normalized spacial score (nSPS) is 18.1. The zero-order valence-electron chi connectivity index (χ0n) is 17.6. The molecule has 0 saturated heterocycles. The Bertz CT molecular complexity index is 900. The van der Waals surface area contributed by atoms with E-state index in [1.54, 1.807) is 7.05 Å². The van der Waals surface area contributed by atoms with Crippen LogP contribution in [-0.2, 0) is 0 Å². The van der Waals surface area contributed by atoms with Crippen molar-refractivity contribution in [1.82, 2.24) is 20.1 Å². The third-order valence-electron chi connectivity index (χ3n) is 5.58. The summed E-state index contributed by atoms with van der Waals surface area (Å²) < 4.78 is 17.0. The molecule has 2 aliphatic rings. The molecular weight excluding hydrogens is 384 g/mol. The monoisotopic (exact) mass is 414 g/mol. The van der Waals surface area contributed by atoms with E-state index in [1.165, 1.54) is 24.3 Å². The summed E-state index contributed by atoms with van der Waals surface area (Å²) in [6.07, 6.45) is 8.36. The van der Waals surface area contributed by atoms with Crippen LogP contribution >= 0.6 is 0 Å². The Labute approximate surface area is 176 Å². The Hall–Kier alpha value is -2.81. The van der Waals surface area contributed by atoms with Gasteiger partial charge in [-0.25, -0.2) is 10.8 Å². The quantitative estimate of drug-likeness (QED) is 0.495. The predicted molar refractivity (Wildman–Crippen MR) is 111 cm³/mol. The van der Waals surface area contributed by atoms with Gasteiger partial charge in [-0.05, 0) is 62.7 Å². The molecule has 30 heavy (non-hydrogen) atoms. The van der Waals surface area contributed by atoms with Crippen molar-refractivity contribution in [3.05, 3.63) is 35.1 Å². The predicted octanol–water partition coefficient (Wildman–Crippen LogP) is 2.87. The van der Waals surface area contributed by atoms with E-state index in [2.05, 4.69) is 15.1 Å².